The van der Waals surface area contributed by atoms with Crippen LogP contribution in [0.5, 0.6) is 0 Å². The Morgan fingerprint density at radius 2 is 1.74 bits per heavy atom. The normalized spacial score (nSPS) is 16.3. The largest absolute Gasteiger partial charge is 0.433 e. The Bertz CT molecular complexity index is 806. The zero-order valence-corrected chi connectivity index (χ0v) is 14.6. The zero-order valence-electron chi connectivity index (χ0n) is 14.6. The summed E-state index contributed by atoms with van der Waals surface area (Å²) >= 11 is 0. The first-order valence-electron chi connectivity index (χ1n) is 8.45. The molecule has 1 aliphatic rings. The fourth-order valence-electron chi connectivity index (χ4n) is 2.92. The number of aliphatic hydroxyl groups excluding tert-OH is 1. The van der Waals surface area contributed by atoms with Crippen molar-refractivity contribution in [3.05, 3.63) is 53.3 Å². The van der Waals surface area contributed by atoms with E-state index in [0.29, 0.717) is 5.56 Å². The molecule has 1 saturated heterocycles. The molecule has 1 N–H and O–H groups in total. The first-order valence-corrected chi connectivity index (χ1v) is 8.45. The third-order valence-electron chi connectivity index (χ3n) is 4.36. The predicted molar refractivity (Wildman–Crippen MR) is 92.0 cm³/mol. The molecule has 27 heavy (non-hydrogen) atoms. The second kappa shape index (κ2) is 7.51. The van der Waals surface area contributed by atoms with Gasteiger partial charge in [0, 0.05) is 31.9 Å². The van der Waals surface area contributed by atoms with Crippen LogP contribution >= 0.6 is 0 Å². The number of aryl methyl sites for hydroxylation is 1. The van der Waals surface area contributed by atoms with Gasteiger partial charge in [-0.05, 0) is 18.6 Å². The Morgan fingerprint density at radius 3 is 2.33 bits per heavy atom. The standard InChI is InChI=1S/C18H19F3N4O2/c1-12-11-14(18(19,20)21)23-17(22-12)25-9-7-24(8-10-25)16(27)15(26)13-5-3-2-4-6-13/h2-6,11,15,26H,7-10H2,1H3. The van der Waals surface area contributed by atoms with Crippen molar-refractivity contribution < 1.29 is 23.1 Å². The summed E-state index contributed by atoms with van der Waals surface area (Å²) in [6, 6.07) is 9.49. The van der Waals surface area contributed by atoms with E-state index >= 15 is 0 Å². The smallest absolute Gasteiger partial charge is 0.378 e. The van der Waals surface area contributed by atoms with Crippen molar-refractivity contribution in [3.8, 4) is 0 Å². The van der Waals surface area contributed by atoms with Gasteiger partial charge in [-0.25, -0.2) is 9.97 Å². The van der Waals surface area contributed by atoms with Gasteiger partial charge in [0.15, 0.2) is 6.10 Å². The Balaban J connectivity index is 1.67. The number of carbonyl (C=O) groups excluding carboxylic acids is 1. The van der Waals surface area contributed by atoms with E-state index in [0.717, 1.165) is 6.07 Å². The van der Waals surface area contributed by atoms with Crippen LogP contribution in [0.25, 0.3) is 0 Å². The number of rotatable bonds is 3. The third-order valence-corrected chi connectivity index (χ3v) is 4.36. The van der Waals surface area contributed by atoms with E-state index in [-0.39, 0.29) is 37.8 Å². The lowest BCUT2D eigenvalue weighted by molar-refractivity contribution is -0.141. The molecule has 1 unspecified atom stereocenters. The summed E-state index contributed by atoms with van der Waals surface area (Å²) in [6.45, 7) is 2.58. The average Bonchev–Trinajstić information content (AvgIpc) is 2.66. The molecule has 144 valence electrons. The van der Waals surface area contributed by atoms with Crippen LogP contribution in [0.4, 0.5) is 19.1 Å². The Hall–Kier alpha value is -2.68. The first-order chi connectivity index (χ1) is 12.8. The van der Waals surface area contributed by atoms with Crippen molar-refractivity contribution in [1.29, 1.82) is 0 Å². The van der Waals surface area contributed by atoms with Gasteiger partial charge in [-0.1, -0.05) is 30.3 Å². The molecule has 0 spiro atoms. The molecule has 2 heterocycles. The predicted octanol–water partition coefficient (Wildman–Crippen LogP) is 2.19. The van der Waals surface area contributed by atoms with E-state index in [2.05, 4.69) is 9.97 Å². The van der Waals surface area contributed by atoms with Crippen LogP contribution in [0, 0.1) is 6.92 Å². The lowest BCUT2D eigenvalue weighted by atomic mass is 10.1. The first kappa shape index (κ1) is 19.1. The molecule has 3 rings (SSSR count). The molecule has 9 heteroatoms. The molecule has 1 atom stereocenters. The maximum atomic E-state index is 12.9. The molecule has 2 aromatic rings. The summed E-state index contributed by atoms with van der Waals surface area (Å²) in [7, 11) is 0. The van der Waals surface area contributed by atoms with E-state index in [9.17, 15) is 23.1 Å². The molecule has 1 aromatic carbocycles. The Labute approximate surface area is 154 Å². The SMILES string of the molecule is Cc1cc(C(F)(F)F)nc(N2CCN(C(=O)C(O)c3ccccc3)CC2)n1. The van der Waals surface area contributed by atoms with Crippen molar-refractivity contribution in [2.24, 2.45) is 0 Å². The molecule has 6 nitrogen and oxygen atoms in total. The molecule has 1 aromatic heterocycles. The number of hydrogen-bond donors (Lipinski definition) is 1. The quantitative estimate of drug-likeness (QED) is 0.884. The van der Waals surface area contributed by atoms with Crippen LogP contribution in [-0.4, -0.2) is 52.1 Å². The average molecular weight is 380 g/mol. The van der Waals surface area contributed by atoms with Crippen LogP contribution in [0.1, 0.15) is 23.1 Å². The summed E-state index contributed by atoms with van der Waals surface area (Å²) < 4.78 is 38.8. The van der Waals surface area contributed by atoms with E-state index in [4.69, 9.17) is 0 Å². The van der Waals surface area contributed by atoms with Gasteiger partial charge in [0.05, 0.1) is 0 Å². The fourth-order valence-corrected chi connectivity index (χ4v) is 2.92. The van der Waals surface area contributed by atoms with Gasteiger partial charge >= 0.3 is 6.18 Å². The number of piperazine rings is 1. The lowest BCUT2D eigenvalue weighted by Crippen LogP contribution is -2.50. The highest BCUT2D eigenvalue weighted by Gasteiger charge is 2.34. The molecule has 0 bridgehead atoms. The van der Waals surface area contributed by atoms with E-state index in [1.165, 1.54) is 11.8 Å². The molecule has 0 saturated carbocycles. The van der Waals surface area contributed by atoms with Crippen LogP contribution in [0.3, 0.4) is 0 Å². The van der Waals surface area contributed by atoms with Crippen LogP contribution in [0.15, 0.2) is 36.4 Å². The minimum absolute atomic E-state index is 0.00182. The van der Waals surface area contributed by atoms with Crippen molar-refractivity contribution in [1.82, 2.24) is 14.9 Å². The number of anilines is 1. The highest BCUT2D eigenvalue weighted by molar-refractivity contribution is 5.82. The van der Waals surface area contributed by atoms with Gasteiger partial charge in [-0.15, -0.1) is 0 Å². The van der Waals surface area contributed by atoms with E-state index < -0.39 is 23.9 Å². The number of aromatic nitrogens is 2. The van der Waals surface area contributed by atoms with E-state index in [1.54, 1.807) is 35.2 Å². The summed E-state index contributed by atoms with van der Waals surface area (Å²) in [5, 5.41) is 10.2. The van der Waals surface area contributed by atoms with Gasteiger partial charge < -0.3 is 14.9 Å². The lowest BCUT2D eigenvalue weighted by Gasteiger charge is -2.35. The van der Waals surface area contributed by atoms with E-state index in [1.807, 2.05) is 0 Å². The molecular formula is C18H19F3N4O2. The Morgan fingerprint density at radius 1 is 1.11 bits per heavy atom. The highest BCUT2D eigenvalue weighted by atomic mass is 19.4. The van der Waals surface area contributed by atoms with Gasteiger partial charge in [0.2, 0.25) is 5.95 Å². The molecule has 0 aliphatic carbocycles. The van der Waals surface area contributed by atoms with Gasteiger partial charge in [-0.2, -0.15) is 13.2 Å². The van der Waals surface area contributed by atoms with Gasteiger partial charge in [0.25, 0.3) is 5.91 Å². The highest BCUT2D eigenvalue weighted by Crippen LogP contribution is 2.29. The number of nitrogens with zero attached hydrogens (tertiary/aromatic N) is 4. The second-order valence-corrected chi connectivity index (χ2v) is 6.32. The number of benzene rings is 1. The number of amides is 1. The van der Waals surface area contributed by atoms with Crippen molar-refractivity contribution >= 4 is 11.9 Å². The van der Waals surface area contributed by atoms with Crippen molar-refractivity contribution in [3.63, 3.8) is 0 Å². The zero-order chi connectivity index (χ0) is 19.6. The molecular weight excluding hydrogens is 361 g/mol. The third kappa shape index (κ3) is 4.36. The molecule has 1 aliphatic heterocycles. The fraction of sp³-hybridized carbons (Fsp3) is 0.389. The van der Waals surface area contributed by atoms with Crippen LogP contribution < -0.4 is 4.90 Å². The van der Waals surface area contributed by atoms with Gasteiger partial charge in [-0.3, -0.25) is 4.79 Å². The number of aliphatic hydroxyl groups is 1. The van der Waals surface area contributed by atoms with Crippen molar-refractivity contribution in [2.45, 2.75) is 19.2 Å². The molecule has 1 fully saturated rings. The maximum absolute atomic E-state index is 12.9. The van der Waals surface area contributed by atoms with Crippen molar-refractivity contribution in [2.75, 3.05) is 31.1 Å². The number of alkyl halides is 3. The minimum atomic E-state index is -4.54. The summed E-state index contributed by atoms with van der Waals surface area (Å²) in [6.07, 6.45) is -5.80. The van der Waals surface area contributed by atoms with Crippen LogP contribution in [0.2, 0.25) is 0 Å². The number of hydrogen-bond acceptors (Lipinski definition) is 5. The topological polar surface area (TPSA) is 69.6 Å². The number of halogens is 3. The molecule has 1 amide bonds. The summed E-state index contributed by atoms with van der Waals surface area (Å²) in [4.78, 5) is 23.3. The maximum Gasteiger partial charge on any atom is 0.433 e. The van der Waals surface area contributed by atoms with Crippen LogP contribution in [-0.2, 0) is 11.0 Å². The summed E-state index contributed by atoms with van der Waals surface area (Å²) in [5.74, 6) is -0.431. The number of carbonyl (C=O) groups is 1. The summed E-state index contributed by atoms with van der Waals surface area (Å²) in [5.41, 5.74) is -0.255. The molecule has 0 radical (unpaired) electrons. The monoisotopic (exact) mass is 380 g/mol. The van der Waals surface area contributed by atoms with Gasteiger partial charge in [0.1, 0.15) is 5.69 Å². The minimum Gasteiger partial charge on any atom is -0.378 e. The second-order valence-electron chi connectivity index (χ2n) is 6.32. The Kier molecular flexibility index (Phi) is 5.31.